The minimum Gasteiger partial charge on any atom is -1.00 e. The van der Waals surface area contributed by atoms with Gasteiger partial charge in [0.2, 0.25) is 0 Å². The molecule has 0 spiro atoms. The SMILES string of the molecule is CC1=[C-]C(C)C=C1C.CCCCCC.CCc1cc2c(-c3ccccc3)cccc2[cH-]1.C[Si].[Cl-].[Cl-].[Zr+4]. The molecular weight excluding hydrogens is 575 g/mol. The van der Waals surface area contributed by atoms with Crippen molar-refractivity contribution in [3.8, 4) is 11.1 Å². The van der Waals surface area contributed by atoms with Crippen LogP contribution in [0, 0.1) is 12.0 Å². The Kier molecular flexibility index (Phi) is 25.7. The largest absolute Gasteiger partial charge is 4.00 e. The molecule has 1 aliphatic rings. The maximum Gasteiger partial charge on any atom is 4.00 e. The van der Waals surface area contributed by atoms with Gasteiger partial charge in [0.15, 0.2) is 0 Å². The van der Waals surface area contributed by atoms with E-state index >= 15 is 0 Å². The fourth-order valence-corrected chi connectivity index (χ4v) is 3.87. The van der Waals surface area contributed by atoms with Crippen molar-refractivity contribution in [2.24, 2.45) is 5.92 Å². The predicted molar refractivity (Wildman–Crippen MR) is 151 cm³/mol. The first-order valence-corrected chi connectivity index (χ1v) is 13.5. The van der Waals surface area contributed by atoms with Gasteiger partial charge < -0.3 is 24.8 Å². The molecule has 0 saturated heterocycles. The Morgan fingerprint density at radius 3 is 1.86 bits per heavy atom. The van der Waals surface area contributed by atoms with E-state index in [1.165, 1.54) is 64.3 Å². The molecule has 36 heavy (non-hydrogen) atoms. The van der Waals surface area contributed by atoms with Crippen LogP contribution in [0.5, 0.6) is 0 Å². The van der Waals surface area contributed by atoms with E-state index < -0.39 is 0 Å². The molecular formula is C32H43Cl2SiZr. The third-order valence-corrected chi connectivity index (χ3v) is 5.80. The molecule has 1 unspecified atom stereocenters. The van der Waals surface area contributed by atoms with Crippen molar-refractivity contribution in [3.05, 3.63) is 89.5 Å². The van der Waals surface area contributed by atoms with Crippen LogP contribution >= 0.6 is 0 Å². The molecule has 0 aromatic heterocycles. The van der Waals surface area contributed by atoms with Crippen molar-refractivity contribution in [2.75, 3.05) is 0 Å². The van der Waals surface area contributed by atoms with Gasteiger partial charge in [0, 0.05) is 10.2 Å². The summed E-state index contributed by atoms with van der Waals surface area (Å²) in [5.41, 5.74) is 6.76. The van der Waals surface area contributed by atoms with Crippen molar-refractivity contribution in [3.63, 3.8) is 0 Å². The number of rotatable bonds is 5. The van der Waals surface area contributed by atoms with E-state index in [0.717, 1.165) is 6.42 Å². The van der Waals surface area contributed by atoms with Crippen molar-refractivity contribution in [1.82, 2.24) is 0 Å². The molecule has 1 atom stereocenters. The molecule has 0 bridgehead atoms. The van der Waals surface area contributed by atoms with Gasteiger partial charge in [0.25, 0.3) is 0 Å². The van der Waals surface area contributed by atoms with Crippen LogP contribution in [0.25, 0.3) is 21.9 Å². The van der Waals surface area contributed by atoms with Gasteiger partial charge in [-0.15, -0.1) is 41.5 Å². The molecule has 3 aromatic rings. The molecule has 0 fully saturated rings. The van der Waals surface area contributed by atoms with Gasteiger partial charge in [-0.05, 0) is 12.0 Å². The Labute approximate surface area is 257 Å². The number of allylic oxidation sites excluding steroid dienone is 4. The fourth-order valence-electron chi connectivity index (χ4n) is 3.87. The second-order valence-corrected chi connectivity index (χ2v) is 8.51. The van der Waals surface area contributed by atoms with E-state index in [0.29, 0.717) is 5.92 Å². The molecule has 0 nitrogen and oxygen atoms in total. The van der Waals surface area contributed by atoms with Crippen LogP contribution in [0.4, 0.5) is 0 Å². The first kappa shape index (κ1) is 39.7. The third-order valence-electron chi connectivity index (χ3n) is 5.80. The molecule has 3 aromatic carbocycles. The van der Waals surface area contributed by atoms with Crippen molar-refractivity contribution < 1.29 is 51.0 Å². The molecule has 0 aliphatic heterocycles. The zero-order valence-electron chi connectivity index (χ0n) is 23.2. The summed E-state index contributed by atoms with van der Waals surface area (Å²) in [4.78, 5) is 0. The van der Waals surface area contributed by atoms with Crippen molar-refractivity contribution in [2.45, 2.75) is 80.2 Å². The van der Waals surface area contributed by atoms with Gasteiger partial charge in [0.1, 0.15) is 0 Å². The van der Waals surface area contributed by atoms with Crippen molar-refractivity contribution in [1.29, 1.82) is 0 Å². The maximum atomic E-state index is 3.29. The predicted octanol–water partition coefficient (Wildman–Crippen LogP) is 3.92. The number of aryl methyl sites for hydroxylation is 1. The molecule has 4 rings (SSSR count). The summed E-state index contributed by atoms with van der Waals surface area (Å²) in [7, 11) is 2.97. The summed E-state index contributed by atoms with van der Waals surface area (Å²) in [6.07, 6.45) is 12.2. The van der Waals surface area contributed by atoms with E-state index in [4.69, 9.17) is 0 Å². The Morgan fingerprint density at radius 2 is 1.44 bits per heavy atom. The first-order chi connectivity index (χ1) is 16.0. The number of fused-ring (bicyclic) bond motifs is 1. The minimum absolute atomic E-state index is 0. The topological polar surface area (TPSA) is 0 Å². The van der Waals surface area contributed by atoms with Crippen LogP contribution in [0.2, 0.25) is 6.55 Å². The number of benzene rings is 2. The van der Waals surface area contributed by atoms with Gasteiger partial charge in [-0.25, -0.2) is 11.1 Å². The molecule has 0 saturated carbocycles. The third kappa shape index (κ3) is 13.7. The summed E-state index contributed by atoms with van der Waals surface area (Å²) in [6.45, 7) is 14.9. The van der Waals surface area contributed by atoms with Crippen LogP contribution in [0.15, 0.2) is 77.9 Å². The van der Waals surface area contributed by atoms with Crippen LogP contribution in [-0.2, 0) is 32.6 Å². The number of hydrogen-bond donors (Lipinski definition) is 0. The summed E-state index contributed by atoms with van der Waals surface area (Å²) in [5, 5.41) is 2.72. The zero-order chi connectivity index (χ0) is 24.6. The summed E-state index contributed by atoms with van der Waals surface area (Å²) < 4.78 is 0. The van der Waals surface area contributed by atoms with Gasteiger partial charge >= 0.3 is 26.2 Å². The summed E-state index contributed by atoms with van der Waals surface area (Å²) >= 11 is 0. The number of unbranched alkanes of at least 4 members (excludes halogenated alkanes) is 3. The molecule has 3 radical (unpaired) electrons. The van der Waals surface area contributed by atoms with Crippen LogP contribution in [0.1, 0.15) is 72.8 Å². The van der Waals surface area contributed by atoms with Gasteiger partial charge in [-0.3, -0.25) is 6.08 Å². The Hall–Kier alpha value is -0.790. The number of halogens is 2. The van der Waals surface area contributed by atoms with E-state index in [1.54, 1.807) is 6.55 Å². The molecule has 4 heteroatoms. The van der Waals surface area contributed by atoms with Crippen molar-refractivity contribution >= 4 is 21.0 Å². The normalized spacial score (nSPS) is 12.9. The van der Waals surface area contributed by atoms with E-state index in [9.17, 15) is 0 Å². The Morgan fingerprint density at radius 1 is 0.861 bits per heavy atom. The van der Waals surface area contributed by atoms with E-state index in [2.05, 4.69) is 125 Å². The van der Waals surface area contributed by atoms with E-state index in [-0.39, 0.29) is 51.0 Å². The van der Waals surface area contributed by atoms with E-state index in [1.807, 2.05) is 0 Å². The Balaban J connectivity index is -0.000000489. The smallest absolute Gasteiger partial charge is 1.00 e. The van der Waals surface area contributed by atoms with Gasteiger partial charge in [-0.2, -0.15) is 12.1 Å². The summed E-state index contributed by atoms with van der Waals surface area (Å²) in [6, 6.07) is 21.8. The molecule has 0 heterocycles. The van der Waals surface area contributed by atoms with Gasteiger partial charge in [0.05, 0.1) is 0 Å². The minimum atomic E-state index is 0. The Bertz CT molecular complexity index is 968. The monoisotopic (exact) mass is 615 g/mol. The maximum absolute atomic E-state index is 3.29. The summed E-state index contributed by atoms with van der Waals surface area (Å²) in [5.74, 6) is 0.551. The average Bonchev–Trinajstić information content (AvgIpc) is 3.41. The second-order valence-electron chi connectivity index (χ2n) is 8.51. The van der Waals surface area contributed by atoms with Crippen LogP contribution in [-0.4, -0.2) is 10.2 Å². The quantitative estimate of drug-likeness (QED) is 0.232. The standard InChI is InChI=1S/C17H15.C8H11.C6H14.CH3Si.2ClH.Zr/c1-2-13-11-15-9-6-10-16(17(15)12-13)14-7-4-3-5-8-14;1-6-4-7(2)8(3)5-6;1-3-5-6-4-2;1-2;;;/h3-12H,2H2,1H3;4,6H,1-3H3;3-6H2,1-2H3;1H3;2*1H;/q2*-1;;;;;+4/p-2. The molecule has 193 valence electrons. The zero-order valence-corrected chi connectivity index (χ0v) is 28.2. The first-order valence-electron chi connectivity index (χ1n) is 12.5. The molecule has 0 amide bonds. The van der Waals surface area contributed by atoms with Gasteiger partial charge in [-0.1, -0.05) is 115 Å². The van der Waals surface area contributed by atoms with Crippen LogP contribution in [0.3, 0.4) is 0 Å². The fraction of sp³-hybridized carbons (Fsp3) is 0.406. The molecule has 1 aliphatic carbocycles. The second kappa shape index (κ2) is 23.3. The number of hydrogen-bond acceptors (Lipinski definition) is 0. The molecule has 0 N–H and O–H groups in total. The van der Waals surface area contributed by atoms with Crippen LogP contribution < -0.4 is 24.8 Å². The average molecular weight is 618 g/mol.